The average Bonchev–Trinajstić information content (AvgIpc) is 2.36. The van der Waals surface area contributed by atoms with Crippen molar-refractivity contribution in [3.05, 3.63) is 23.4 Å². The molecule has 0 aliphatic carbocycles. The van der Waals surface area contributed by atoms with Gasteiger partial charge >= 0.3 is 0 Å². The molecule has 1 amide bonds. The highest BCUT2D eigenvalue weighted by atomic mass is 16.3. The van der Waals surface area contributed by atoms with E-state index in [-0.39, 0.29) is 11.8 Å². The molecular formula is C14H23N3O2. The van der Waals surface area contributed by atoms with Crippen LogP contribution >= 0.6 is 0 Å². The van der Waals surface area contributed by atoms with Crippen molar-refractivity contribution in [1.29, 1.82) is 0 Å². The molecule has 0 radical (unpaired) electrons. The summed E-state index contributed by atoms with van der Waals surface area (Å²) in [6.45, 7) is 6.05. The highest BCUT2D eigenvalue weighted by Gasteiger charge is 2.16. The summed E-state index contributed by atoms with van der Waals surface area (Å²) < 4.78 is 0. The van der Waals surface area contributed by atoms with Crippen molar-refractivity contribution in [3.8, 4) is 0 Å². The summed E-state index contributed by atoms with van der Waals surface area (Å²) in [4.78, 5) is 18.2. The number of nitrogens with one attached hydrogen (secondary N) is 1. The summed E-state index contributed by atoms with van der Waals surface area (Å²) in [6, 6.07) is 3.54. The van der Waals surface area contributed by atoms with E-state index in [1.54, 1.807) is 27.1 Å². The predicted molar refractivity (Wildman–Crippen MR) is 76.5 cm³/mol. The number of hydrogen-bond acceptors (Lipinski definition) is 4. The second kappa shape index (κ2) is 6.52. The number of aliphatic hydroxyl groups excluding tert-OH is 1. The first-order chi connectivity index (χ1) is 8.85. The summed E-state index contributed by atoms with van der Waals surface area (Å²) in [5.74, 6) is 0.823. The molecule has 0 aliphatic rings. The fourth-order valence-corrected chi connectivity index (χ4v) is 1.80. The van der Waals surface area contributed by atoms with Gasteiger partial charge in [0.05, 0.1) is 6.10 Å². The number of hydrogen-bond donors (Lipinski definition) is 2. The Labute approximate surface area is 114 Å². The number of anilines is 1. The molecule has 1 rings (SSSR count). The fraction of sp³-hybridized carbons (Fsp3) is 0.571. The van der Waals surface area contributed by atoms with Crippen LogP contribution in [0.3, 0.4) is 0 Å². The van der Waals surface area contributed by atoms with Crippen LogP contribution < -0.4 is 5.32 Å². The first-order valence-corrected chi connectivity index (χ1v) is 6.48. The van der Waals surface area contributed by atoms with E-state index in [1.807, 2.05) is 19.9 Å². The SMILES string of the molecule is CNc1cc(C(=O)N(C)CC(C)O)cc(C(C)C)n1. The molecule has 0 spiro atoms. The Morgan fingerprint density at radius 2 is 2.05 bits per heavy atom. The lowest BCUT2D eigenvalue weighted by Crippen LogP contribution is -2.33. The molecule has 2 N–H and O–H groups in total. The molecule has 106 valence electrons. The smallest absolute Gasteiger partial charge is 0.253 e. The molecule has 0 bridgehead atoms. The van der Waals surface area contributed by atoms with Gasteiger partial charge in [0.2, 0.25) is 0 Å². The number of likely N-dealkylation sites (N-methyl/N-ethyl adjacent to an activating group) is 1. The van der Waals surface area contributed by atoms with Gasteiger partial charge in [-0.05, 0) is 25.0 Å². The van der Waals surface area contributed by atoms with Crippen LogP contribution in [0.1, 0.15) is 42.7 Å². The molecule has 5 nitrogen and oxygen atoms in total. The number of carbonyl (C=O) groups excluding carboxylic acids is 1. The molecule has 0 aromatic carbocycles. The van der Waals surface area contributed by atoms with E-state index < -0.39 is 6.10 Å². The molecular weight excluding hydrogens is 242 g/mol. The van der Waals surface area contributed by atoms with Crippen LogP contribution in [0.15, 0.2) is 12.1 Å². The number of aliphatic hydroxyl groups is 1. The number of amides is 1. The number of rotatable bonds is 5. The molecule has 5 heteroatoms. The molecule has 1 atom stereocenters. The maximum absolute atomic E-state index is 12.3. The van der Waals surface area contributed by atoms with Crippen LogP contribution in [0.4, 0.5) is 5.82 Å². The first-order valence-electron chi connectivity index (χ1n) is 6.48. The summed E-state index contributed by atoms with van der Waals surface area (Å²) >= 11 is 0. The molecule has 0 aliphatic heterocycles. The molecule has 1 unspecified atom stereocenters. The molecule has 1 aromatic heterocycles. The van der Waals surface area contributed by atoms with E-state index in [0.717, 1.165) is 5.69 Å². The third-order valence-corrected chi connectivity index (χ3v) is 2.82. The molecule has 0 saturated heterocycles. The summed E-state index contributed by atoms with van der Waals surface area (Å²) in [6.07, 6.45) is -0.538. The van der Waals surface area contributed by atoms with Gasteiger partial charge < -0.3 is 15.3 Å². The van der Waals surface area contributed by atoms with E-state index in [1.165, 1.54) is 4.90 Å². The Kier molecular flexibility index (Phi) is 5.30. The minimum absolute atomic E-state index is 0.110. The second-order valence-electron chi connectivity index (χ2n) is 5.11. The zero-order chi connectivity index (χ0) is 14.6. The van der Waals surface area contributed by atoms with Gasteiger partial charge in [-0.3, -0.25) is 4.79 Å². The zero-order valence-corrected chi connectivity index (χ0v) is 12.3. The van der Waals surface area contributed by atoms with Crippen molar-refractivity contribution in [3.63, 3.8) is 0 Å². The Morgan fingerprint density at radius 3 is 2.53 bits per heavy atom. The highest BCUT2D eigenvalue weighted by Crippen LogP contribution is 2.18. The van der Waals surface area contributed by atoms with Crippen molar-refractivity contribution in [2.75, 3.05) is 26.0 Å². The van der Waals surface area contributed by atoms with Crippen LogP contribution in [-0.2, 0) is 0 Å². The monoisotopic (exact) mass is 265 g/mol. The van der Waals surface area contributed by atoms with Crippen LogP contribution in [-0.4, -0.2) is 47.6 Å². The van der Waals surface area contributed by atoms with Gasteiger partial charge in [-0.1, -0.05) is 13.8 Å². The predicted octanol–water partition coefficient (Wildman–Crippen LogP) is 1.70. The third kappa shape index (κ3) is 4.21. The van der Waals surface area contributed by atoms with Crippen LogP contribution in [0.5, 0.6) is 0 Å². The van der Waals surface area contributed by atoms with Crippen LogP contribution in [0, 0.1) is 0 Å². The average molecular weight is 265 g/mol. The first kappa shape index (κ1) is 15.4. The lowest BCUT2D eigenvalue weighted by molar-refractivity contribution is 0.0703. The van der Waals surface area contributed by atoms with Gasteiger partial charge in [0.15, 0.2) is 0 Å². The zero-order valence-electron chi connectivity index (χ0n) is 12.3. The van der Waals surface area contributed by atoms with Gasteiger partial charge in [-0.25, -0.2) is 4.98 Å². The number of aromatic nitrogens is 1. The number of nitrogens with zero attached hydrogens (tertiary/aromatic N) is 2. The maximum Gasteiger partial charge on any atom is 0.253 e. The molecule has 19 heavy (non-hydrogen) atoms. The van der Waals surface area contributed by atoms with Crippen LogP contribution in [0.25, 0.3) is 0 Å². The minimum atomic E-state index is -0.538. The normalized spacial score (nSPS) is 12.4. The Morgan fingerprint density at radius 1 is 1.42 bits per heavy atom. The molecule has 0 saturated carbocycles. The van der Waals surface area contributed by atoms with Gasteiger partial charge in [-0.2, -0.15) is 0 Å². The molecule has 1 aromatic rings. The maximum atomic E-state index is 12.3. The Balaban J connectivity index is 3.05. The molecule has 0 fully saturated rings. The van der Waals surface area contributed by atoms with Gasteiger partial charge in [0.1, 0.15) is 5.82 Å². The lowest BCUT2D eigenvalue weighted by Gasteiger charge is -2.20. The van der Waals surface area contributed by atoms with Gasteiger partial charge in [0.25, 0.3) is 5.91 Å². The van der Waals surface area contributed by atoms with Crippen molar-refractivity contribution in [2.45, 2.75) is 32.8 Å². The number of pyridine rings is 1. The highest BCUT2D eigenvalue weighted by molar-refractivity contribution is 5.94. The standard InChI is InChI=1S/C14H23N3O2/c1-9(2)12-6-11(7-13(15-4)16-12)14(19)17(5)8-10(3)18/h6-7,9-10,18H,8H2,1-5H3,(H,15,16). The minimum Gasteiger partial charge on any atom is -0.392 e. The van der Waals surface area contributed by atoms with Crippen molar-refractivity contribution >= 4 is 11.7 Å². The topological polar surface area (TPSA) is 65.5 Å². The number of carbonyl (C=O) groups is 1. The second-order valence-corrected chi connectivity index (χ2v) is 5.11. The summed E-state index contributed by atoms with van der Waals surface area (Å²) in [7, 11) is 3.46. The summed E-state index contributed by atoms with van der Waals surface area (Å²) in [5.41, 5.74) is 1.46. The Hall–Kier alpha value is -1.62. The van der Waals surface area contributed by atoms with E-state index in [4.69, 9.17) is 0 Å². The molecule has 1 heterocycles. The van der Waals surface area contributed by atoms with E-state index in [2.05, 4.69) is 10.3 Å². The van der Waals surface area contributed by atoms with Crippen molar-refractivity contribution in [2.24, 2.45) is 0 Å². The lowest BCUT2D eigenvalue weighted by atomic mass is 10.1. The third-order valence-electron chi connectivity index (χ3n) is 2.82. The van der Waals surface area contributed by atoms with E-state index in [9.17, 15) is 9.90 Å². The van der Waals surface area contributed by atoms with E-state index in [0.29, 0.717) is 17.9 Å². The van der Waals surface area contributed by atoms with Gasteiger partial charge in [-0.15, -0.1) is 0 Å². The van der Waals surface area contributed by atoms with Crippen molar-refractivity contribution in [1.82, 2.24) is 9.88 Å². The van der Waals surface area contributed by atoms with Crippen molar-refractivity contribution < 1.29 is 9.90 Å². The quantitative estimate of drug-likeness (QED) is 0.850. The Bertz CT molecular complexity index is 444. The fourth-order valence-electron chi connectivity index (χ4n) is 1.80. The van der Waals surface area contributed by atoms with E-state index >= 15 is 0 Å². The van der Waals surface area contributed by atoms with Gasteiger partial charge in [0, 0.05) is 31.9 Å². The largest absolute Gasteiger partial charge is 0.392 e. The summed E-state index contributed by atoms with van der Waals surface area (Å²) in [5, 5.41) is 12.3. The van der Waals surface area contributed by atoms with Crippen LogP contribution in [0.2, 0.25) is 0 Å².